The summed E-state index contributed by atoms with van der Waals surface area (Å²) < 4.78 is 5.84. The second kappa shape index (κ2) is 6.00. The van der Waals surface area contributed by atoms with Crippen molar-refractivity contribution in [3.05, 3.63) is 48.0 Å². The molecule has 108 valence electrons. The Balaban J connectivity index is 1.87. The minimum atomic E-state index is 0.677. The van der Waals surface area contributed by atoms with Gasteiger partial charge in [0.1, 0.15) is 5.52 Å². The first-order valence-corrected chi connectivity index (χ1v) is 7.48. The van der Waals surface area contributed by atoms with Gasteiger partial charge >= 0.3 is 0 Å². The van der Waals surface area contributed by atoms with Crippen LogP contribution in [0.3, 0.4) is 0 Å². The summed E-state index contributed by atoms with van der Waals surface area (Å²) in [5.74, 6) is 0.677. The molecule has 0 fully saturated rings. The van der Waals surface area contributed by atoms with Gasteiger partial charge in [-0.3, -0.25) is 0 Å². The first kappa shape index (κ1) is 13.7. The van der Waals surface area contributed by atoms with E-state index in [4.69, 9.17) is 4.42 Å². The summed E-state index contributed by atoms with van der Waals surface area (Å²) in [5.41, 5.74) is 5.06. The number of aromatic nitrogens is 1. The Labute approximate surface area is 125 Å². The lowest BCUT2D eigenvalue weighted by Gasteiger charge is -2.03. The predicted octanol–water partition coefficient (Wildman–Crippen LogP) is 5.02. The molecular weight excluding hydrogens is 260 g/mol. The van der Waals surface area contributed by atoms with E-state index in [0.29, 0.717) is 5.89 Å². The van der Waals surface area contributed by atoms with E-state index in [1.165, 1.54) is 18.4 Å². The highest BCUT2D eigenvalue weighted by atomic mass is 16.3. The molecule has 21 heavy (non-hydrogen) atoms. The van der Waals surface area contributed by atoms with Crippen molar-refractivity contribution in [2.75, 3.05) is 11.9 Å². The second-order valence-corrected chi connectivity index (χ2v) is 5.35. The van der Waals surface area contributed by atoms with E-state index in [-0.39, 0.29) is 0 Å². The highest BCUT2D eigenvalue weighted by Crippen LogP contribution is 2.26. The number of hydrogen-bond donors (Lipinski definition) is 1. The summed E-state index contributed by atoms with van der Waals surface area (Å²) in [7, 11) is 0. The van der Waals surface area contributed by atoms with Crippen LogP contribution in [-0.2, 0) is 0 Å². The fourth-order valence-corrected chi connectivity index (χ4v) is 2.27. The summed E-state index contributed by atoms with van der Waals surface area (Å²) in [5, 5.41) is 3.41. The lowest BCUT2D eigenvalue weighted by molar-refractivity contribution is 0.620. The normalized spacial score (nSPS) is 11.0. The number of oxazole rings is 1. The maximum absolute atomic E-state index is 5.84. The Morgan fingerprint density at radius 2 is 1.90 bits per heavy atom. The van der Waals surface area contributed by atoms with Crippen LogP contribution in [0.4, 0.5) is 5.69 Å². The third-order valence-electron chi connectivity index (χ3n) is 3.55. The van der Waals surface area contributed by atoms with Crippen molar-refractivity contribution in [1.82, 2.24) is 4.98 Å². The summed E-state index contributed by atoms with van der Waals surface area (Å²) in [6.07, 6.45) is 2.36. The Morgan fingerprint density at radius 1 is 1.10 bits per heavy atom. The van der Waals surface area contributed by atoms with Gasteiger partial charge in [-0.15, -0.1) is 0 Å². The zero-order chi connectivity index (χ0) is 14.7. The molecule has 3 aromatic rings. The molecule has 1 heterocycles. The third kappa shape index (κ3) is 3.07. The van der Waals surface area contributed by atoms with Crippen LogP contribution in [0.15, 0.2) is 46.9 Å². The number of nitrogens with one attached hydrogen (secondary N) is 1. The summed E-state index contributed by atoms with van der Waals surface area (Å²) in [4.78, 5) is 4.59. The van der Waals surface area contributed by atoms with Crippen molar-refractivity contribution in [2.24, 2.45) is 0 Å². The van der Waals surface area contributed by atoms with Crippen LogP contribution in [0.5, 0.6) is 0 Å². The monoisotopic (exact) mass is 280 g/mol. The topological polar surface area (TPSA) is 38.1 Å². The standard InChI is InChI=1S/C18H20N2O/c1-3-4-11-19-15-9-10-17-16(12-15)20-18(21-17)14-7-5-13(2)6-8-14/h5-10,12,19H,3-4,11H2,1-2H3. The van der Waals surface area contributed by atoms with Crippen molar-refractivity contribution < 1.29 is 4.42 Å². The number of unbranched alkanes of at least 4 members (excludes halogenated alkanes) is 1. The molecule has 0 aliphatic heterocycles. The molecule has 0 bridgehead atoms. The molecule has 1 aromatic heterocycles. The Morgan fingerprint density at radius 3 is 2.67 bits per heavy atom. The molecule has 0 saturated carbocycles. The molecule has 0 radical (unpaired) electrons. The Bertz CT molecular complexity index is 729. The number of rotatable bonds is 5. The van der Waals surface area contributed by atoms with Crippen LogP contribution in [0.2, 0.25) is 0 Å². The van der Waals surface area contributed by atoms with Gasteiger partial charge in [-0.2, -0.15) is 0 Å². The average molecular weight is 280 g/mol. The fourth-order valence-electron chi connectivity index (χ4n) is 2.27. The zero-order valence-electron chi connectivity index (χ0n) is 12.5. The molecule has 1 N–H and O–H groups in total. The van der Waals surface area contributed by atoms with Crippen LogP contribution < -0.4 is 5.32 Å². The molecule has 3 rings (SSSR count). The van der Waals surface area contributed by atoms with E-state index in [1.54, 1.807) is 0 Å². The number of anilines is 1. The van der Waals surface area contributed by atoms with Gasteiger partial charge in [0, 0.05) is 17.8 Å². The number of hydrogen-bond acceptors (Lipinski definition) is 3. The highest BCUT2D eigenvalue weighted by Gasteiger charge is 2.08. The van der Waals surface area contributed by atoms with Crippen LogP contribution in [0, 0.1) is 6.92 Å². The largest absolute Gasteiger partial charge is 0.436 e. The van der Waals surface area contributed by atoms with Crippen LogP contribution >= 0.6 is 0 Å². The quantitative estimate of drug-likeness (QED) is 0.667. The van der Waals surface area contributed by atoms with Crippen molar-refractivity contribution in [3.8, 4) is 11.5 Å². The van der Waals surface area contributed by atoms with E-state index in [9.17, 15) is 0 Å². The number of fused-ring (bicyclic) bond motifs is 1. The molecule has 0 aliphatic rings. The van der Waals surface area contributed by atoms with Gasteiger partial charge in [-0.05, 0) is 43.7 Å². The molecule has 0 saturated heterocycles. The van der Waals surface area contributed by atoms with Crippen molar-refractivity contribution >= 4 is 16.8 Å². The highest BCUT2D eigenvalue weighted by molar-refractivity contribution is 5.80. The molecule has 3 heteroatoms. The van der Waals surface area contributed by atoms with Gasteiger partial charge in [0.25, 0.3) is 0 Å². The predicted molar refractivity (Wildman–Crippen MR) is 87.6 cm³/mol. The zero-order valence-corrected chi connectivity index (χ0v) is 12.5. The van der Waals surface area contributed by atoms with E-state index in [0.717, 1.165) is 28.9 Å². The van der Waals surface area contributed by atoms with Gasteiger partial charge in [0.2, 0.25) is 5.89 Å². The third-order valence-corrected chi connectivity index (χ3v) is 3.55. The smallest absolute Gasteiger partial charge is 0.227 e. The molecular formula is C18H20N2O. The van der Waals surface area contributed by atoms with Crippen molar-refractivity contribution in [3.63, 3.8) is 0 Å². The fraction of sp³-hybridized carbons (Fsp3) is 0.278. The lowest BCUT2D eigenvalue weighted by atomic mass is 10.1. The van der Waals surface area contributed by atoms with Gasteiger partial charge in [0.05, 0.1) is 0 Å². The van der Waals surface area contributed by atoms with Crippen LogP contribution in [0.25, 0.3) is 22.6 Å². The second-order valence-electron chi connectivity index (χ2n) is 5.35. The summed E-state index contributed by atoms with van der Waals surface area (Å²) in [6.45, 7) is 5.26. The average Bonchev–Trinajstić information content (AvgIpc) is 2.91. The molecule has 0 amide bonds. The number of nitrogens with zero attached hydrogens (tertiary/aromatic N) is 1. The van der Waals surface area contributed by atoms with Crippen LogP contribution in [0.1, 0.15) is 25.3 Å². The van der Waals surface area contributed by atoms with Crippen molar-refractivity contribution in [2.45, 2.75) is 26.7 Å². The lowest BCUT2D eigenvalue weighted by Crippen LogP contribution is -2.00. The number of benzene rings is 2. The molecule has 0 unspecified atom stereocenters. The SMILES string of the molecule is CCCCNc1ccc2oc(-c3ccc(C)cc3)nc2c1. The van der Waals surface area contributed by atoms with Crippen molar-refractivity contribution in [1.29, 1.82) is 0 Å². The van der Waals surface area contributed by atoms with E-state index < -0.39 is 0 Å². The number of aryl methyl sites for hydroxylation is 1. The minimum absolute atomic E-state index is 0.677. The van der Waals surface area contributed by atoms with E-state index in [2.05, 4.69) is 36.3 Å². The Kier molecular flexibility index (Phi) is 3.91. The van der Waals surface area contributed by atoms with Gasteiger partial charge in [-0.25, -0.2) is 4.98 Å². The van der Waals surface area contributed by atoms with E-state index in [1.807, 2.05) is 30.3 Å². The van der Waals surface area contributed by atoms with Crippen LogP contribution in [-0.4, -0.2) is 11.5 Å². The summed E-state index contributed by atoms with van der Waals surface area (Å²) >= 11 is 0. The molecule has 0 spiro atoms. The van der Waals surface area contributed by atoms with Gasteiger partial charge in [-0.1, -0.05) is 31.0 Å². The molecule has 0 aliphatic carbocycles. The Hall–Kier alpha value is -2.29. The molecule has 0 atom stereocenters. The van der Waals surface area contributed by atoms with Gasteiger partial charge < -0.3 is 9.73 Å². The first-order chi connectivity index (χ1) is 10.3. The molecule has 3 nitrogen and oxygen atoms in total. The molecule has 2 aromatic carbocycles. The summed E-state index contributed by atoms with van der Waals surface area (Å²) in [6, 6.07) is 14.3. The maximum atomic E-state index is 5.84. The minimum Gasteiger partial charge on any atom is -0.436 e. The first-order valence-electron chi connectivity index (χ1n) is 7.48. The maximum Gasteiger partial charge on any atom is 0.227 e. The van der Waals surface area contributed by atoms with E-state index >= 15 is 0 Å². The van der Waals surface area contributed by atoms with Gasteiger partial charge in [0.15, 0.2) is 5.58 Å².